The number of nitrogens with two attached hydrogens (primary N) is 1. The van der Waals surface area contributed by atoms with Crippen LogP contribution in [0.3, 0.4) is 0 Å². The van der Waals surface area contributed by atoms with Gasteiger partial charge in [-0.3, -0.25) is 9.59 Å². The Labute approximate surface area is 108 Å². The van der Waals surface area contributed by atoms with Crippen LogP contribution < -0.4 is 5.73 Å². The first-order chi connectivity index (χ1) is 8.49. The van der Waals surface area contributed by atoms with E-state index in [-0.39, 0.29) is 5.78 Å². The van der Waals surface area contributed by atoms with Gasteiger partial charge < -0.3 is 5.73 Å². The molecule has 0 saturated carbocycles. The Morgan fingerprint density at radius 2 is 1.83 bits per heavy atom. The molecule has 0 fully saturated rings. The molecule has 4 nitrogen and oxygen atoms in total. The van der Waals surface area contributed by atoms with E-state index in [9.17, 15) is 9.59 Å². The van der Waals surface area contributed by atoms with Crippen molar-refractivity contribution >= 4 is 23.0 Å². The van der Waals surface area contributed by atoms with Crippen molar-refractivity contribution in [2.75, 3.05) is 0 Å². The molecule has 0 spiro atoms. The lowest BCUT2D eigenvalue weighted by atomic mass is 10.1. The fraction of sp³-hybridized carbons (Fsp3) is 0.154. The van der Waals surface area contributed by atoms with Crippen molar-refractivity contribution < 1.29 is 9.59 Å². The number of aryl methyl sites for hydroxylation is 1. The lowest BCUT2D eigenvalue weighted by Crippen LogP contribution is -2.10. The number of primary amides is 1. The second kappa shape index (κ2) is 4.70. The molecule has 2 aromatic rings. The molecule has 1 amide bonds. The summed E-state index contributed by atoms with van der Waals surface area (Å²) < 4.78 is 0. The quantitative estimate of drug-likeness (QED) is 0.861. The molecule has 2 N–H and O–H groups in total. The number of carbonyl (C=O) groups is 2. The number of ketones is 1. The third kappa shape index (κ3) is 2.31. The summed E-state index contributed by atoms with van der Waals surface area (Å²) in [5, 5.41) is 0.304. The van der Waals surface area contributed by atoms with Crippen LogP contribution in [0, 0.1) is 6.92 Å². The van der Waals surface area contributed by atoms with Gasteiger partial charge in [-0.05, 0) is 19.4 Å². The van der Waals surface area contributed by atoms with Crippen molar-refractivity contribution in [2.45, 2.75) is 13.8 Å². The Balaban J connectivity index is 2.42. The number of hydrogen-bond acceptors (Lipinski definition) is 4. The summed E-state index contributed by atoms with van der Waals surface area (Å²) in [6.45, 7) is 3.36. The Kier molecular flexibility index (Phi) is 3.25. The van der Waals surface area contributed by atoms with Gasteiger partial charge in [0.1, 0.15) is 0 Å². The van der Waals surface area contributed by atoms with Gasteiger partial charge in [-0.2, -0.15) is 0 Å². The maximum absolute atomic E-state index is 11.2. The van der Waals surface area contributed by atoms with Crippen LogP contribution in [0.4, 0.5) is 0 Å². The van der Waals surface area contributed by atoms with Gasteiger partial charge in [-0.1, -0.05) is 24.3 Å². The number of rotatable bonds is 3. The predicted octanol–water partition coefficient (Wildman–Crippen LogP) is 2.42. The lowest BCUT2D eigenvalue weighted by Gasteiger charge is -2.00. The third-order valence-corrected chi connectivity index (χ3v) is 3.78. The van der Waals surface area contributed by atoms with Crippen molar-refractivity contribution in [3.63, 3.8) is 0 Å². The minimum atomic E-state index is -0.519. The third-order valence-electron chi connectivity index (χ3n) is 2.56. The Hall–Kier alpha value is -2.01. The maximum atomic E-state index is 11.2. The number of hydrogen-bond donors (Lipinski definition) is 1. The second-order valence-electron chi connectivity index (χ2n) is 3.93. The van der Waals surface area contributed by atoms with Gasteiger partial charge in [-0.25, -0.2) is 4.98 Å². The number of benzene rings is 1. The highest BCUT2D eigenvalue weighted by molar-refractivity contribution is 7.17. The number of carbonyl (C=O) groups excluding carboxylic acids is 2. The number of aromatic nitrogens is 1. The molecule has 1 aromatic heterocycles. The van der Waals surface area contributed by atoms with E-state index >= 15 is 0 Å². The zero-order valence-corrected chi connectivity index (χ0v) is 10.9. The van der Waals surface area contributed by atoms with E-state index in [1.807, 2.05) is 19.1 Å². The van der Waals surface area contributed by atoms with Gasteiger partial charge in [-0.15, -0.1) is 11.3 Å². The molecule has 0 radical (unpaired) electrons. The highest BCUT2D eigenvalue weighted by Gasteiger charge is 2.13. The minimum Gasteiger partial charge on any atom is -0.364 e. The van der Waals surface area contributed by atoms with Crippen molar-refractivity contribution in [3.8, 4) is 10.4 Å². The molecule has 18 heavy (non-hydrogen) atoms. The monoisotopic (exact) mass is 260 g/mol. The molecule has 1 aromatic carbocycles. The molecule has 0 aliphatic heterocycles. The molecule has 1 heterocycles. The largest absolute Gasteiger partial charge is 0.364 e. The van der Waals surface area contributed by atoms with Gasteiger partial charge >= 0.3 is 0 Å². The predicted molar refractivity (Wildman–Crippen MR) is 70.8 cm³/mol. The molecule has 0 aliphatic rings. The molecule has 2 rings (SSSR count). The average molecular weight is 260 g/mol. The molecule has 5 heteroatoms. The highest BCUT2D eigenvalue weighted by atomic mass is 32.1. The van der Waals surface area contributed by atoms with Crippen molar-refractivity contribution in [1.29, 1.82) is 0 Å². The van der Waals surface area contributed by atoms with E-state index in [2.05, 4.69) is 4.98 Å². The summed E-state index contributed by atoms with van der Waals surface area (Å²) in [6, 6.07) is 7.23. The summed E-state index contributed by atoms with van der Waals surface area (Å²) in [5.41, 5.74) is 7.57. The Morgan fingerprint density at radius 3 is 2.28 bits per heavy atom. The molecular formula is C13H12N2O2S. The topological polar surface area (TPSA) is 73.1 Å². The van der Waals surface area contributed by atoms with Crippen LogP contribution >= 0.6 is 11.3 Å². The van der Waals surface area contributed by atoms with E-state index in [4.69, 9.17) is 5.73 Å². The summed E-state index contributed by atoms with van der Waals surface area (Å²) in [5.74, 6) is -0.491. The molecule has 0 atom stereocenters. The second-order valence-corrected chi connectivity index (χ2v) is 4.93. The van der Waals surface area contributed by atoms with Crippen molar-refractivity contribution in [2.24, 2.45) is 5.73 Å². The Bertz CT molecular complexity index is 614. The number of nitrogens with zero attached hydrogens (tertiary/aromatic N) is 1. The summed E-state index contributed by atoms with van der Waals surface area (Å²) in [6.07, 6.45) is 0. The van der Waals surface area contributed by atoms with Gasteiger partial charge in [0.15, 0.2) is 10.8 Å². The smallest absolute Gasteiger partial charge is 0.277 e. The van der Waals surface area contributed by atoms with Gasteiger partial charge in [0, 0.05) is 5.56 Å². The number of amides is 1. The summed E-state index contributed by atoms with van der Waals surface area (Å²) in [7, 11) is 0. The minimum absolute atomic E-state index is 0.0281. The van der Waals surface area contributed by atoms with Crippen LogP contribution in [0.25, 0.3) is 10.4 Å². The number of Topliss-reactive ketones (excluding diaryl/α,β-unsaturated/α-hetero) is 1. The highest BCUT2D eigenvalue weighted by Crippen LogP contribution is 2.29. The standard InChI is InChI=1S/C13H12N2O2S/c1-7-11(18-13(15-7)12(14)17)10-5-3-9(4-6-10)8(2)16/h3-6H,1-2H3,(H2,14,17). The average Bonchev–Trinajstić information content (AvgIpc) is 2.71. The van der Waals surface area contributed by atoms with Crippen LogP contribution in [-0.2, 0) is 0 Å². The molecule has 92 valence electrons. The first kappa shape index (κ1) is 12.4. The first-order valence-corrected chi connectivity index (χ1v) is 6.19. The van der Waals surface area contributed by atoms with Crippen LogP contribution in [-0.4, -0.2) is 16.7 Å². The molecule has 0 saturated heterocycles. The van der Waals surface area contributed by atoms with Crippen LogP contribution in [0.5, 0.6) is 0 Å². The molecule has 0 bridgehead atoms. The van der Waals surface area contributed by atoms with Crippen LogP contribution in [0.2, 0.25) is 0 Å². The molecular weight excluding hydrogens is 248 g/mol. The zero-order chi connectivity index (χ0) is 13.3. The normalized spacial score (nSPS) is 10.3. The van der Waals surface area contributed by atoms with Crippen molar-refractivity contribution in [3.05, 3.63) is 40.5 Å². The van der Waals surface area contributed by atoms with E-state index in [0.717, 1.165) is 16.1 Å². The van der Waals surface area contributed by atoms with Crippen molar-refractivity contribution in [1.82, 2.24) is 4.98 Å². The van der Waals surface area contributed by atoms with E-state index in [1.54, 1.807) is 12.1 Å². The fourth-order valence-electron chi connectivity index (χ4n) is 1.63. The van der Waals surface area contributed by atoms with E-state index in [0.29, 0.717) is 10.6 Å². The summed E-state index contributed by atoms with van der Waals surface area (Å²) in [4.78, 5) is 27.3. The summed E-state index contributed by atoms with van der Waals surface area (Å²) >= 11 is 1.26. The Morgan fingerprint density at radius 1 is 1.22 bits per heavy atom. The van der Waals surface area contributed by atoms with E-state index < -0.39 is 5.91 Å². The molecule has 0 aliphatic carbocycles. The fourth-order valence-corrected chi connectivity index (χ4v) is 2.55. The van der Waals surface area contributed by atoms with Gasteiger partial charge in [0.05, 0.1) is 10.6 Å². The van der Waals surface area contributed by atoms with Crippen LogP contribution in [0.1, 0.15) is 32.8 Å². The van der Waals surface area contributed by atoms with E-state index in [1.165, 1.54) is 18.3 Å². The van der Waals surface area contributed by atoms with Gasteiger partial charge in [0.25, 0.3) is 5.91 Å². The number of thiazole rings is 1. The van der Waals surface area contributed by atoms with Crippen LogP contribution in [0.15, 0.2) is 24.3 Å². The molecule has 0 unspecified atom stereocenters. The first-order valence-electron chi connectivity index (χ1n) is 5.37. The SMILES string of the molecule is CC(=O)c1ccc(-c2sc(C(N)=O)nc2C)cc1. The van der Waals surface area contributed by atoms with Gasteiger partial charge in [0.2, 0.25) is 0 Å². The maximum Gasteiger partial charge on any atom is 0.277 e. The zero-order valence-electron chi connectivity index (χ0n) is 10.1. The lowest BCUT2D eigenvalue weighted by molar-refractivity contribution is 0.0996.